The number of fused-ring (bicyclic) bond motifs is 1. The molecule has 2 aromatic heterocycles. The Morgan fingerprint density at radius 2 is 1.74 bits per heavy atom. The average Bonchev–Trinajstić information content (AvgIpc) is 3.34. The van der Waals surface area contributed by atoms with Crippen LogP contribution in [0.2, 0.25) is 0 Å². The number of nitrogens with zero attached hydrogens (tertiary/aromatic N) is 4. The average molecular weight is 550 g/mol. The van der Waals surface area contributed by atoms with Crippen molar-refractivity contribution in [2.45, 2.75) is 63.6 Å². The normalized spacial score (nSPS) is 17.8. The Labute approximate surface area is 235 Å². The number of amides is 1. The molecule has 1 fully saturated rings. The van der Waals surface area contributed by atoms with Crippen LogP contribution in [-0.4, -0.2) is 44.8 Å². The maximum atomic E-state index is 12.7. The van der Waals surface area contributed by atoms with E-state index in [1.165, 1.54) is 6.33 Å². The third kappa shape index (κ3) is 6.32. The molecule has 39 heavy (non-hydrogen) atoms. The second kappa shape index (κ2) is 12.9. The number of hydrogen-bond donors (Lipinski definition) is 3. The van der Waals surface area contributed by atoms with Crippen molar-refractivity contribution in [3.63, 3.8) is 0 Å². The number of rotatable bonds is 9. The van der Waals surface area contributed by atoms with Gasteiger partial charge in [-0.1, -0.05) is 31.5 Å². The van der Waals surface area contributed by atoms with Crippen molar-refractivity contribution in [1.82, 2.24) is 30.4 Å². The van der Waals surface area contributed by atoms with Gasteiger partial charge in [0.05, 0.1) is 17.5 Å². The van der Waals surface area contributed by atoms with Gasteiger partial charge < -0.3 is 21.1 Å². The number of aromatic nitrogens is 4. The third-order valence-corrected chi connectivity index (χ3v) is 7.26. The van der Waals surface area contributed by atoms with Crippen LogP contribution in [0.15, 0.2) is 60.9 Å². The van der Waals surface area contributed by atoms with Gasteiger partial charge in [-0.15, -0.1) is 12.4 Å². The van der Waals surface area contributed by atoms with E-state index >= 15 is 0 Å². The van der Waals surface area contributed by atoms with E-state index in [0.717, 1.165) is 72.3 Å². The molecule has 2 heterocycles. The number of nitrogens with one attached hydrogen (secondary N) is 2. The van der Waals surface area contributed by atoms with Crippen molar-refractivity contribution in [3.8, 4) is 22.8 Å². The first-order chi connectivity index (χ1) is 18.6. The predicted octanol–water partition coefficient (Wildman–Crippen LogP) is 5.28. The number of halogens is 1. The molecule has 4 N–H and O–H groups in total. The van der Waals surface area contributed by atoms with Crippen molar-refractivity contribution in [2.24, 2.45) is 0 Å². The lowest BCUT2D eigenvalue weighted by atomic mass is 9.91. The highest BCUT2D eigenvalue weighted by molar-refractivity contribution is 5.98. The van der Waals surface area contributed by atoms with Gasteiger partial charge in [-0.2, -0.15) is 5.10 Å². The van der Waals surface area contributed by atoms with Crippen LogP contribution in [0.25, 0.3) is 22.3 Å². The van der Waals surface area contributed by atoms with E-state index in [9.17, 15) is 4.79 Å². The van der Waals surface area contributed by atoms with E-state index in [2.05, 4.69) is 27.5 Å². The maximum absolute atomic E-state index is 12.7. The fraction of sp³-hybridized carbons (Fsp3) is 0.379. The van der Waals surface area contributed by atoms with Crippen LogP contribution in [0.1, 0.15) is 51.5 Å². The van der Waals surface area contributed by atoms with Gasteiger partial charge in [-0.05, 0) is 75.5 Å². The summed E-state index contributed by atoms with van der Waals surface area (Å²) in [4.78, 5) is 21.5. The Hall–Kier alpha value is -3.69. The Morgan fingerprint density at radius 1 is 1.05 bits per heavy atom. The summed E-state index contributed by atoms with van der Waals surface area (Å²) in [6.45, 7) is 2.09. The lowest BCUT2D eigenvalue weighted by Crippen LogP contribution is -2.47. The number of anilines is 1. The van der Waals surface area contributed by atoms with E-state index < -0.39 is 0 Å². The zero-order valence-corrected chi connectivity index (χ0v) is 23.2. The van der Waals surface area contributed by atoms with E-state index in [0.29, 0.717) is 5.82 Å². The van der Waals surface area contributed by atoms with Crippen molar-refractivity contribution in [3.05, 3.63) is 60.9 Å². The van der Waals surface area contributed by atoms with E-state index in [-0.39, 0.29) is 36.4 Å². The molecule has 5 rings (SSSR count). The van der Waals surface area contributed by atoms with Gasteiger partial charge in [-0.25, -0.2) is 14.6 Å². The topological polar surface area (TPSA) is 120 Å². The van der Waals surface area contributed by atoms with Gasteiger partial charge in [0.15, 0.2) is 5.65 Å². The SMILES string of the molecule is CCC[C@H](NC)C(=O)NC1CCC(n2nc(-c3ccc(Oc4ccccc4)cc3)c3c(N)ncnc32)CC1.Cl. The summed E-state index contributed by atoms with van der Waals surface area (Å²) in [5.74, 6) is 2.03. The first-order valence-corrected chi connectivity index (χ1v) is 13.4. The fourth-order valence-electron chi connectivity index (χ4n) is 5.22. The van der Waals surface area contributed by atoms with Crippen LogP contribution in [0.5, 0.6) is 11.5 Å². The van der Waals surface area contributed by atoms with Crippen molar-refractivity contribution in [1.29, 1.82) is 0 Å². The molecule has 2 aromatic carbocycles. The molecule has 206 valence electrons. The highest BCUT2D eigenvalue weighted by Gasteiger charge is 2.28. The first-order valence-electron chi connectivity index (χ1n) is 13.4. The minimum absolute atomic E-state index is 0. The number of carbonyl (C=O) groups excluding carboxylic acids is 1. The Kier molecular flexibility index (Phi) is 9.37. The largest absolute Gasteiger partial charge is 0.457 e. The number of ether oxygens (including phenoxy) is 1. The van der Waals surface area contributed by atoms with Gasteiger partial charge in [0.1, 0.15) is 29.3 Å². The van der Waals surface area contributed by atoms with Crippen LogP contribution >= 0.6 is 12.4 Å². The molecule has 0 bridgehead atoms. The number of likely N-dealkylation sites (N-methyl/N-ethyl adjacent to an activating group) is 1. The smallest absolute Gasteiger partial charge is 0.237 e. The highest BCUT2D eigenvalue weighted by Crippen LogP contribution is 2.36. The lowest BCUT2D eigenvalue weighted by molar-refractivity contribution is -0.124. The minimum Gasteiger partial charge on any atom is -0.457 e. The molecule has 10 heteroatoms. The van der Waals surface area contributed by atoms with Gasteiger partial charge >= 0.3 is 0 Å². The van der Waals surface area contributed by atoms with Crippen molar-refractivity contribution < 1.29 is 9.53 Å². The zero-order chi connectivity index (χ0) is 26.5. The monoisotopic (exact) mass is 549 g/mol. The molecule has 9 nitrogen and oxygen atoms in total. The summed E-state index contributed by atoms with van der Waals surface area (Å²) in [5, 5.41) is 12.1. The van der Waals surface area contributed by atoms with E-state index in [4.69, 9.17) is 15.6 Å². The second-order valence-corrected chi connectivity index (χ2v) is 9.83. The number of carbonyl (C=O) groups is 1. The number of para-hydroxylation sites is 1. The molecule has 0 saturated heterocycles. The molecule has 0 spiro atoms. The molecule has 1 atom stereocenters. The van der Waals surface area contributed by atoms with E-state index in [1.807, 2.05) is 66.3 Å². The summed E-state index contributed by atoms with van der Waals surface area (Å²) in [5.41, 5.74) is 8.75. The van der Waals surface area contributed by atoms with Crippen LogP contribution in [0.3, 0.4) is 0 Å². The quantitative estimate of drug-likeness (QED) is 0.260. The molecule has 1 aliphatic carbocycles. The summed E-state index contributed by atoms with van der Waals surface area (Å²) < 4.78 is 7.95. The van der Waals surface area contributed by atoms with E-state index in [1.54, 1.807) is 0 Å². The van der Waals surface area contributed by atoms with Crippen LogP contribution in [-0.2, 0) is 4.79 Å². The summed E-state index contributed by atoms with van der Waals surface area (Å²) in [6, 6.07) is 17.7. The summed E-state index contributed by atoms with van der Waals surface area (Å²) in [7, 11) is 1.84. The molecular formula is C29H36ClN7O2. The standard InChI is InChI=1S/C29H35N7O2.ClH/c1-3-7-24(31-2)29(37)34-20-12-14-21(15-13-20)36-28-25(27(30)32-18-33-28)26(35-36)19-10-16-23(17-11-19)38-22-8-5-4-6-9-22;/h4-6,8-11,16-18,20-21,24,31H,3,7,12-15H2,1-2H3,(H,34,37)(H2,30,32,33);1H/t20?,21?,24-;/m0./s1. The maximum Gasteiger partial charge on any atom is 0.237 e. The number of hydrogen-bond acceptors (Lipinski definition) is 7. The molecular weight excluding hydrogens is 514 g/mol. The van der Waals surface area contributed by atoms with Crippen molar-refractivity contribution in [2.75, 3.05) is 12.8 Å². The molecule has 1 saturated carbocycles. The molecule has 0 aliphatic heterocycles. The fourth-order valence-corrected chi connectivity index (χ4v) is 5.22. The van der Waals surface area contributed by atoms with Crippen LogP contribution < -0.4 is 21.1 Å². The van der Waals surface area contributed by atoms with Gasteiger partial charge in [0.2, 0.25) is 5.91 Å². The lowest BCUT2D eigenvalue weighted by Gasteiger charge is -2.30. The van der Waals surface area contributed by atoms with Gasteiger partial charge in [0.25, 0.3) is 0 Å². The zero-order valence-electron chi connectivity index (χ0n) is 22.3. The first kappa shape index (κ1) is 28.3. The van der Waals surface area contributed by atoms with Crippen LogP contribution in [0, 0.1) is 0 Å². The molecule has 0 radical (unpaired) electrons. The Morgan fingerprint density at radius 3 is 2.41 bits per heavy atom. The minimum atomic E-state index is -0.139. The Balaban J connectivity index is 0.00000353. The number of benzene rings is 2. The molecule has 4 aromatic rings. The Bertz CT molecular complexity index is 1370. The molecule has 1 aliphatic rings. The molecule has 0 unspecified atom stereocenters. The summed E-state index contributed by atoms with van der Waals surface area (Å²) in [6.07, 6.45) is 6.87. The van der Waals surface area contributed by atoms with Gasteiger partial charge in [0, 0.05) is 11.6 Å². The number of nitrogens with two attached hydrogens (primary N) is 1. The second-order valence-electron chi connectivity index (χ2n) is 9.83. The predicted molar refractivity (Wildman–Crippen MR) is 156 cm³/mol. The summed E-state index contributed by atoms with van der Waals surface area (Å²) >= 11 is 0. The molecule has 1 amide bonds. The van der Waals surface area contributed by atoms with Crippen LogP contribution in [0.4, 0.5) is 5.82 Å². The third-order valence-electron chi connectivity index (χ3n) is 7.26. The van der Waals surface area contributed by atoms with Gasteiger partial charge in [-0.3, -0.25) is 4.79 Å². The van der Waals surface area contributed by atoms with Crippen molar-refractivity contribution >= 4 is 35.2 Å². The highest BCUT2D eigenvalue weighted by atomic mass is 35.5. The number of nitrogen functional groups attached to an aromatic ring is 1.